The lowest BCUT2D eigenvalue weighted by molar-refractivity contribution is -0.123. The van der Waals surface area contributed by atoms with E-state index >= 15 is 0 Å². The predicted molar refractivity (Wildman–Crippen MR) is 92.1 cm³/mol. The average molecular weight is 323 g/mol. The molecule has 0 spiro atoms. The second-order valence-electron chi connectivity index (χ2n) is 6.64. The number of rotatable bonds is 5. The molecule has 122 valence electrons. The van der Waals surface area contributed by atoms with Crippen LogP contribution >= 0.6 is 11.6 Å². The van der Waals surface area contributed by atoms with E-state index in [1.165, 1.54) is 25.7 Å². The van der Waals surface area contributed by atoms with E-state index in [0.29, 0.717) is 17.6 Å². The molecule has 22 heavy (non-hydrogen) atoms. The first-order chi connectivity index (χ1) is 10.5. The second kappa shape index (κ2) is 7.98. The summed E-state index contributed by atoms with van der Waals surface area (Å²) >= 11 is 6.18. The number of nitrogens with one attached hydrogen (secondary N) is 1. The number of hydrogen-bond acceptors (Lipinski definition) is 2. The van der Waals surface area contributed by atoms with Crippen LogP contribution in [0, 0.1) is 5.92 Å². The summed E-state index contributed by atoms with van der Waals surface area (Å²) in [5, 5.41) is 3.75. The van der Waals surface area contributed by atoms with Crippen LogP contribution in [0.15, 0.2) is 24.3 Å². The molecule has 1 aromatic rings. The van der Waals surface area contributed by atoms with Gasteiger partial charge in [-0.3, -0.25) is 9.69 Å². The van der Waals surface area contributed by atoms with Crippen molar-refractivity contribution in [2.75, 3.05) is 13.6 Å². The highest BCUT2D eigenvalue weighted by Crippen LogP contribution is 2.26. The third-order valence-corrected chi connectivity index (χ3v) is 5.10. The molecule has 0 aromatic heterocycles. The molecule has 3 nitrogen and oxygen atoms in total. The molecule has 0 unspecified atom stereocenters. The Kier molecular flexibility index (Phi) is 6.27. The third kappa shape index (κ3) is 4.72. The van der Waals surface area contributed by atoms with Crippen LogP contribution in [0.4, 0.5) is 0 Å². The molecule has 0 saturated heterocycles. The number of amides is 1. The third-order valence-electron chi connectivity index (χ3n) is 4.75. The van der Waals surface area contributed by atoms with Crippen LogP contribution in [-0.4, -0.2) is 30.4 Å². The van der Waals surface area contributed by atoms with E-state index in [0.717, 1.165) is 11.5 Å². The van der Waals surface area contributed by atoms with E-state index in [-0.39, 0.29) is 11.9 Å². The van der Waals surface area contributed by atoms with Crippen LogP contribution in [0.1, 0.15) is 51.1 Å². The molecule has 1 atom stereocenters. The van der Waals surface area contributed by atoms with Crippen molar-refractivity contribution in [3.05, 3.63) is 34.9 Å². The summed E-state index contributed by atoms with van der Waals surface area (Å²) in [5.41, 5.74) is 0.965. The van der Waals surface area contributed by atoms with E-state index in [1.54, 1.807) is 0 Å². The van der Waals surface area contributed by atoms with E-state index < -0.39 is 0 Å². The van der Waals surface area contributed by atoms with Crippen LogP contribution in [-0.2, 0) is 4.79 Å². The molecule has 1 fully saturated rings. The molecule has 0 aliphatic heterocycles. The quantitative estimate of drug-likeness (QED) is 0.887. The smallest absolute Gasteiger partial charge is 0.234 e. The molecule has 1 N–H and O–H groups in total. The average Bonchev–Trinajstić information content (AvgIpc) is 2.48. The predicted octanol–water partition coefficient (Wildman–Crippen LogP) is 4.03. The van der Waals surface area contributed by atoms with Crippen LogP contribution < -0.4 is 5.32 Å². The maximum Gasteiger partial charge on any atom is 0.234 e. The number of halogens is 1. The Morgan fingerprint density at radius 2 is 1.95 bits per heavy atom. The SMILES string of the molecule is CC1CCC(N(C)CC(=O)N[C@H](C)c2ccccc2Cl)CC1. The maximum absolute atomic E-state index is 12.3. The van der Waals surface area contributed by atoms with Gasteiger partial charge in [0.15, 0.2) is 0 Å². The van der Waals surface area contributed by atoms with Gasteiger partial charge >= 0.3 is 0 Å². The van der Waals surface area contributed by atoms with Gasteiger partial charge in [-0.2, -0.15) is 0 Å². The van der Waals surface area contributed by atoms with E-state index in [2.05, 4.69) is 24.2 Å². The summed E-state index contributed by atoms with van der Waals surface area (Å²) in [7, 11) is 2.06. The van der Waals surface area contributed by atoms with Gasteiger partial charge in [0.05, 0.1) is 12.6 Å². The molecule has 0 heterocycles. The number of carbonyl (C=O) groups excluding carboxylic acids is 1. The molecular weight excluding hydrogens is 296 g/mol. The highest BCUT2D eigenvalue weighted by molar-refractivity contribution is 6.31. The van der Waals surface area contributed by atoms with Crippen molar-refractivity contribution in [1.29, 1.82) is 0 Å². The summed E-state index contributed by atoms with van der Waals surface area (Å²) in [4.78, 5) is 14.5. The molecule has 1 amide bonds. The van der Waals surface area contributed by atoms with Gasteiger partial charge in [-0.1, -0.05) is 36.7 Å². The van der Waals surface area contributed by atoms with Crippen molar-refractivity contribution < 1.29 is 4.79 Å². The Morgan fingerprint density at radius 3 is 2.59 bits per heavy atom. The van der Waals surface area contributed by atoms with Gasteiger partial charge in [0.25, 0.3) is 0 Å². The zero-order chi connectivity index (χ0) is 16.1. The van der Waals surface area contributed by atoms with Crippen LogP contribution in [0.25, 0.3) is 0 Å². The van der Waals surface area contributed by atoms with Gasteiger partial charge < -0.3 is 5.32 Å². The van der Waals surface area contributed by atoms with Gasteiger partial charge in [0, 0.05) is 11.1 Å². The number of nitrogens with zero attached hydrogens (tertiary/aromatic N) is 1. The van der Waals surface area contributed by atoms with E-state index in [9.17, 15) is 4.79 Å². The Hall–Kier alpha value is -1.06. The molecule has 0 bridgehead atoms. The number of likely N-dealkylation sites (N-methyl/N-ethyl adjacent to an activating group) is 1. The minimum Gasteiger partial charge on any atom is -0.348 e. The van der Waals surface area contributed by atoms with Gasteiger partial charge in [-0.15, -0.1) is 0 Å². The van der Waals surface area contributed by atoms with Gasteiger partial charge in [0.2, 0.25) is 5.91 Å². The zero-order valence-corrected chi connectivity index (χ0v) is 14.6. The molecule has 1 aliphatic carbocycles. The summed E-state index contributed by atoms with van der Waals surface area (Å²) in [5.74, 6) is 0.896. The van der Waals surface area contributed by atoms with Crippen molar-refractivity contribution in [3.63, 3.8) is 0 Å². The minimum absolute atomic E-state index is 0.0635. The Balaban J connectivity index is 1.83. The van der Waals surface area contributed by atoms with Gasteiger partial charge in [0.1, 0.15) is 0 Å². The molecule has 0 radical (unpaired) electrons. The van der Waals surface area contributed by atoms with Crippen molar-refractivity contribution in [1.82, 2.24) is 10.2 Å². The lowest BCUT2D eigenvalue weighted by Gasteiger charge is -2.33. The fraction of sp³-hybridized carbons (Fsp3) is 0.611. The normalized spacial score (nSPS) is 23.3. The first-order valence-electron chi connectivity index (χ1n) is 8.21. The minimum atomic E-state index is -0.0685. The molecule has 4 heteroatoms. The van der Waals surface area contributed by atoms with Gasteiger partial charge in [-0.25, -0.2) is 0 Å². The summed E-state index contributed by atoms with van der Waals surface area (Å²) in [6.07, 6.45) is 4.94. The highest BCUT2D eigenvalue weighted by atomic mass is 35.5. The molecule has 1 aliphatic rings. The fourth-order valence-electron chi connectivity index (χ4n) is 3.23. The van der Waals surface area contributed by atoms with Crippen LogP contribution in [0.2, 0.25) is 5.02 Å². The van der Waals surface area contributed by atoms with Crippen molar-refractivity contribution >= 4 is 17.5 Å². The van der Waals surface area contributed by atoms with E-state index in [1.807, 2.05) is 31.2 Å². The van der Waals surface area contributed by atoms with E-state index in [4.69, 9.17) is 11.6 Å². The zero-order valence-electron chi connectivity index (χ0n) is 13.8. The number of carbonyl (C=O) groups is 1. The van der Waals surface area contributed by atoms with Crippen molar-refractivity contribution in [3.8, 4) is 0 Å². The summed E-state index contributed by atoms with van der Waals surface area (Å²) in [6, 6.07) is 8.13. The van der Waals surface area contributed by atoms with Crippen LogP contribution in [0.3, 0.4) is 0 Å². The highest BCUT2D eigenvalue weighted by Gasteiger charge is 2.23. The number of benzene rings is 1. The van der Waals surface area contributed by atoms with Gasteiger partial charge in [-0.05, 0) is 57.2 Å². The Bertz CT molecular complexity index is 498. The van der Waals surface area contributed by atoms with Crippen molar-refractivity contribution in [2.45, 2.75) is 51.6 Å². The standard InChI is InChI=1S/C18H27ClN2O/c1-13-8-10-15(11-9-13)21(3)12-18(22)20-14(2)16-6-4-5-7-17(16)19/h4-7,13-15H,8-12H2,1-3H3,(H,20,22)/t13?,14-,15?/m1/s1. The monoisotopic (exact) mass is 322 g/mol. The fourth-order valence-corrected chi connectivity index (χ4v) is 3.53. The maximum atomic E-state index is 12.3. The second-order valence-corrected chi connectivity index (χ2v) is 7.05. The number of hydrogen-bond donors (Lipinski definition) is 1. The summed E-state index contributed by atoms with van der Waals surface area (Å²) < 4.78 is 0. The molecule has 1 aromatic carbocycles. The molecule has 1 saturated carbocycles. The largest absolute Gasteiger partial charge is 0.348 e. The Labute approximate surface area is 139 Å². The summed E-state index contributed by atoms with van der Waals surface area (Å²) in [6.45, 7) is 4.74. The van der Waals surface area contributed by atoms with Crippen LogP contribution in [0.5, 0.6) is 0 Å². The Morgan fingerprint density at radius 1 is 1.32 bits per heavy atom. The topological polar surface area (TPSA) is 32.3 Å². The lowest BCUT2D eigenvalue weighted by atomic mass is 9.87. The molecular formula is C18H27ClN2O. The first kappa shape index (κ1) is 17.3. The first-order valence-corrected chi connectivity index (χ1v) is 8.59. The van der Waals surface area contributed by atoms with Crippen molar-refractivity contribution in [2.24, 2.45) is 5.92 Å². The lowest BCUT2D eigenvalue weighted by Crippen LogP contribution is -2.42. The molecule has 2 rings (SSSR count).